The molecular formula is C49H94O6. The maximum atomic E-state index is 12.5. The minimum Gasteiger partial charge on any atom is -0.462 e. The molecule has 0 fully saturated rings. The van der Waals surface area contributed by atoms with Crippen LogP contribution in [0.25, 0.3) is 0 Å². The molecule has 0 aromatic carbocycles. The van der Waals surface area contributed by atoms with Crippen molar-refractivity contribution in [1.82, 2.24) is 0 Å². The van der Waals surface area contributed by atoms with Gasteiger partial charge in [0.25, 0.3) is 0 Å². The molecule has 6 heteroatoms. The zero-order valence-electron chi connectivity index (χ0n) is 37.2. The Kier molecular flexibility index (Phi) is 43.8. The first kappa shape index (κ1) is 53.4. The summed E-state index contributed by atoms with van der Waals surface area (Å²) in [6, 6.07) is 0. The van der Waals surface area contributed by atoms with Crippen molar-refractivity contribution in [3.8, 4) is 0 Å². The van der Waals surface area contributed by atoms with E-state index in [-0.39, 0.29) is 31.1 Å². The first-order valence-electron chi connectivity index (χ1n) is 24.5. The van der Waals surface area contributed by atoms with Crippen molar-refractivity contribution in [2.45, 2.75) is 284 Å². The summed E-state index contributed by atoms with van der Waals surface area (Å²) in [4.78, 5) is 37.5. The second-order valence-electron chi connectivity index (χ2n) is 16.7. The lowest BCUT2D eigenvalue weighted by Gasteiger charge is -2.18. The SMILES string of the molecule is CCCCCCCCCCCCCCCCCCCCC(=O)OC[C@@H](COC(=O)CCCCCCCCCCCCCCCC)OC(=O)CCCCCCC. The highest BCUT2D eigenvalue weighted by molar-refractivity contribution is 5.71. The molecule has 0 radical (unpaired) electrons. The average Bonchev–Trinajstić information content (AvgIpc) is 3.18. The Bertz CT molecular complexity index is 813. The predicted molar refractivity (Wildman–Crippen MR) is 233 cm³/mol. The number of carbonyl (C=O) groups is 3. The zero-order chi connectivity index (χ0) is 40.1. The summed E-state index contributed by atoms with van der Waals surface area (Å²) in [6.45, 7) is 6.59. The molecule has 0 bridgehead atoms. The molecule has 0 aliphatic rings. The van der Waals surface area contributed by atoms with E-state index >= 15 is 0 Å². The molecule has 0 heterocycles. The molecule has 0 aromatic heterocycles. The number of ether oxygens (including phenoxy) is 3. The standard InChI is InChI=1S/C49H94O6/c1-4-7-10-13-15-17-19-21-23-24-25-26-28-30-32-34-37-39-42-48(51)54-45-46(55-49(52)43-40-35-12-9-6-3)44-53-47(50)41-38-36-33-31-29-27-22-20-18-16-14-11-8-5-2/h46H,4-45H2,1-3H3/t46-/m1/s1. The molecule has 0 spiro atoms. The lowest BCUT2D eigenvalue weighted by Crippen LogP contribution is -2.30. The van der Waals surface area contributed by atoms with Crippen molar-refractivity contribution in [1.29, 1.82) is 0 Å². The highest BCUT2D eigenvalue weighted by atomic mass is 16.6. The fraction of sp³-hybridized carbons (Fsp3) is 0.939. The van der Waals surface area contributed by atoms with Crippen molar-refractivity contribution in [2.75, 3.05) is 13.2 Å². The molecule has 0 unspecified atom stereocenters. The minimum atomic E-state index is -0.757. The van der Waals surface area contributed by atoms with Crippen LogP contribution < -0.4 is 0 Å². The van der Waals surface area contributed by atoms with Gasteiger partial charge in [0.05, 0.1) is 0 Å². The highest BCUT2D eigenvalue weighted by Crippen LogP contribution is 2.16. The first-order valence-corrected chi connectivity index (χ1v) is 24.5. The molecular weight excluding hydrogens is 685 g/mol. The number of rotatable bonds is 45. The molecule has 6 nitrogen and oxygen atoms in total. The molecule has 0 amide bonds. The lowest BCUT2D eigenvalue weighted by molar-refractivity contribution is -0.167. The second kappa shape index (κ2) is 45.1. The molecule has 0 rings (SSSR count). The van der Waals surface area contributed by atoms with Crippen LogP contribution in [0.5, 0.6) is 0 Å². The van der Waals surface area contributed by atoms with Crippen LogP contribution in [0.1, 0.15) is 278 Å². The van der Waals surface area contributed by atoms with Crippen LogP contribution in [-0.2, 0) is 28.6 Å². The Labute approximate surface area is 342 Å². The monoisotopic (exact) mass is 779 g/mol. The number of hydrogen-bond donors (Lipinski definition) is 0. The molecule has 55 heavy (non-hydrogen) atoms. The third-order valence-electron chi connectivity index (χ3n) is 11.1. The fourth-order valence-corrected chi connectivity index (χ4v) is 7.38. The van der Waals surface area contributed by atoms with Crippen molar-refractivity contribution in [3.05, 3.63) is 0 Å². The molecule has 0 saturated carbocycles. The van der Waals surface area contributed by atoms with Crippen molar-refractivity contribution < 1.29 is 28.6 Å². The van der Waals surface area contributed by atoms with Crippen LogP contribution in [0.15, 0.2) is 0 Å². The van der Waals surface area contributed by atoms with E-state index in [1.807, 2.05) is 0 Å². The molecule has 0 aliphatic carbocycles. The first-order chi connectivity index (χ1) is 27.0. The van der Waals surface area contributed by atoms with Crippen LogP contribution in [-0.4, -0.2) is 37.2 Å². The van der Waals surface area contributed by atoms with Crippen LogP contribution >= 0.6 is 0 Å². The van der Waals surface area contributed by atoms with E-state index in [4.69, 9.17) is 14.2 Å². The number of unbranched alkanes of at least 4 members (excludes halogenated alkanes) is 34. The van der Waals surface area contributed by atoms with Gasteiger partial charge in [-0.15, -0.1) is 0 Å². The minimum absolute atomic E-state index is 0.0639. The fourth-order valence-electron chi connectivity index (χ4n) is 7.38. The second-order valence-corrected chi connectivity index (χ2v) is 16.7. The maximum absolute atomic E-state index is 12.5. The Morgan fingerprint density at radius 1 is 0.291 bits per heavy atom. The Balaban J connectivity index is 4.07. The van der Waals surface area contributed by atoms with Crippen LogP contribution in [0.3, 0.4) is 0 Å². The van der Waals surface area contributed by atoms with Gasteiger partial charge in [0, 0.05) is 19.3 Å². The van der Waals surface area contributed by atoms with Crippen LogP contribution in [0, 0.1) is 0 Å². The normalized spacial score (nSPS) is 11.8. The van der Waals surface area contributed by atoms with E-state index in [0.29, 0.717) is 19.3 Å². The molecule has 0 aliphatic heterocycles. The molecule has 0 aromatic rings. The summed E-state index contributed by atoms with van der Waals surface area (Å²) in [6.07, 6.45) is 46.9. The molecule has 326 valence electrons. The van der Waals surface area contributed by atoms with Crippen molar-refractivity contribution >= 4 is 17.9 Å². The van der Waals surface area contributed by atoms with E-state index in [2.05, 4.69) is 20.8 Å². The Morgan fingerprint density at radius 2 is 0.491 bits per heavy atom. The number of carbonyl (C=O) groups excluding carboxylic acids is 3. The number of esters is 3. The van der Waals surface area contributed by atoms with Crippen LogP contribution in [0.4, 0.5) is 0 Å². The summed E-state index contributed by atoms with van der Waals surface area (Å²) >= 11 is 0. The topological polar surface area (TPSA) is 78.9 Å². The van der Waals surface area contributed by atoms with Gasteiger partial charge in [-0.25, -0.2) is 0 Å². The van der Waals surface area contributed by atoms with Gasteiger partial charge in [-0.3, -0.25) is 14.4 Å². The summed E-state index contributed by atoms with van der Waals surface area (Å²) in [5.74, 6) is -0.861. The average molecular weight is 779 g/mol. The van der Waals surface area contributed by atoms with Gasteiger partial charge in [0.2, 0.25) is 0 Å². The van der Waals surface area contributed by atoms with Crippen LogP contribution in [0.2, 0.25) is 0 Å². The third-order valence-corrected chi connectivity index (χ3v) is 11.1. The van der Waals surface area contributed by atoms with E-state index < -0.39 is 6.10 Å². The van der Waals surface area contributed by atoms with Gasteiger partial charge in [-0.2, -0.15) is 0 Å². The molecule has 1 atom stereocenters. The third kappa shape index (κ3) is 43.4. The lowest BCUT2D eigenvalue weighted by atomic mass is 10.0. The summed E-state index contributed by atoms with van der Waals surface area (Å²) in [7, 11) is 0. The van der Waals surface area contributed by atoms with Crippen molar-refractivity contribution in [2.24, 2.45) is 0 Å². The van der Waals surface area contributed by atoms with E-state index in [0.717, 1.165) is 64.2 Å². The molecule has 0 N–H and O–H groups in total. The Morgan fingerprint density at radius 3 is 0.727 bits per heavy atom. The van der Waals surface area contributed by atoms with Gasteiger partial charge in [-0.05, 0) is 19.3 Å². The number of hydrogen-bond acceptors (Lipinski definition) is 6. The Hall–Kier alpha value is -1.59. The summed E-state index contributed by atoms with van der Waals surface area (Å²) in [5.41, 5.74) is 0. The van der Waals surface area contributed by atoms with Crippen molar-refractivity contribution in [3.63, 3.8) is 0 Å². The van der Waals surface area contributed by atoms with Gasteiger partial charge < -0.3 is 14.2 Å². The van der Waals surface area contributed by atoms with Gasteiger partial charge in [-0.1, -0.05) is 239 Å². The van der Waals surface area contributed by atoms with Gasteiger partial charge in [0.1, 0.15) is 13.2 Å². The largest absolute Gasteiger partial charge is 0.462 e. The smallest absolute Gasteiger partial charge is 0.306 e. The molecule has 0 saturated heterocycles. The van der Waals surface area contributed by atoms with E-state index in [9.17, 15) is 14.4 Å². The summed E-state index contributed by atoms with van der Waals surface area (Å²) < 4.78 is 16.6. The van der Waals surface area contributed by atoms with Gasteiger partial charge >= 0.3 is 17.9 Å². The maximum Gasteiger partial charge on any atom is 0.306 e. The van der Waals surface area contributed by atoms with Gasteiger partial charge in [0.15, 0.2) is 6.10 Å². The predicted octanol–water partition coefficient (Wildman–Crippen LogP) is 15.6. The highest BCUT2D eigenvalue weighted by Gasteiger charge is 2.19. The quantitative estimate of drug-likeness (QED) is 0.0348. The zero-order valence-corrected chi connectivity index (χ0v) is 37.2. The van der Waals surface area contributed by atoms with E-state index in [1.165, 1.54) is 173 Å². The summed E-state index contributed by atoms with van der Waals surface area (Å²) in [5, 5.41) is 0. The van der Waals surface area contributed by atoms with E-state index in [1.54, 1.807) is 0 Å².